The van der Waals surface area contributed by atoms with E-state index in [0.29, 0.717) is 5.46 Å². The third kappa shape index (κ3) is 3.01. The van der Waals surface area contributed by atoms with Crippen molar-refractivity contribution in [3.8, 4) is 11.5 Å². The fourth-order valence-electron chi connectivity index (χ4n) is 2.11. The average molecular weight is 296 g/mol. The van der Waals surface area contributed by atoms with Crippen LogP contribution in [0.15, 0.2) is 12.1 Å². The largest absolute Gasteiger partial charge is 0.504 e. The van der Waals surface area contributed by atoms with Crippen LogP contribution in [0.5, 0.6) is 11.5 Å². The first-order chi connectivity index (χ1) is 9.53. The van der Waals surface area contributed by atoms with Crippen molar-refractivity contribution in [3.05, 3.63) is 17.9 Å². The molecule has 0 spiro atoms. The molecule has 1 aliphatic rings. The van der Waals surface area contributed by atoms with E-state index in [1.807, 2.05) is 41.5 Å². The van der Waals surface area contributed by atoms with Gasteiger partial charge in [-0.25, -0.2) is 4.39 Å². The van der Waals surface area contributed by atoms with Crippen LogP contribution < -0.4 is 10.2 Å². The normalized spacial score (nSPS) is 20.1. The summed E-state index contributed by atoms with van der Waals surface area (Å²) < 4.78 is 31.1. The highest BCUT2D eigenvalue weighted by Gasteiger charge is 2.52. The minimum absolute atomic E-state index is 0.164. The molecule has 1 aromatic carbocycles. The van der Waals surface area contributed by atoms with Crippen LogP contribution in [-0.4, -0.2) is 29.5 Å². The molecule has 1 aliphatic heterocycles. The number of halogens is 1. The number of aromatic hydroxyl groups is 1. The lowest BCUT2D eigenvalue weighted by Gasteiger charge is -2.32. The fourth-order valence-corrected chi connectivity index (χ4v) is 2.11. The van der Waals surface area contributed by atoms with Gasteiger partial charge in [0.25, 0.3) is 0 Å². The highest BCUT2D eigenvalue weighted by Crippen LogP contribution is 2.38. The fraction of sp³-hybridized carbons (Fsp3) is 0.600. The molecule has 21 heavy (non-hydrogen) atoms. The van der Waals surface area contributed by atoms with Crippen molar-refractivity contribution in [1.82, 2.24) is 0 Å². The molecule has 1 aromatic rings. The Labute approximate surface area is 125 Å². The van der Waals surface area contributed by atoms with E-state index in [2.05, 4.69) is 0 Å². The average Bonchev–Trinajstić information content (AvgIpc) is 2.51. The van der Waals surface area contributed by atoms with Crippen LogP contribution in [0.4, 0.5) is 4.39 Å². The molecule has 1 N–H and O–H groups in total. The summed E-state index contributed by atoms with van der Waals surface area (Å²) in [7, 11) is -0.787. The zero-order chi connectivity index (χ0) is 16.0. The second-order valence-corrected chi connectivity index (χ2v) is 6.60. The molecule has 0 aliphatic carbocycles. The number of hydrogen-bond donors (Lipinski definition) is 1. The smallest absolute Gasteiger partial charge is 0.498 e. The highest BCUT2D eigenvalue weighted by molar-refractivity contribution is 6.63. The first kappa shape index (κ1) is 16.1. The van der Waals surface area contributed by atoms with E-state index in [4.69, 9.17) is 14.0 Å². The Morgan fingerprint density at radius 3 is 2.14 bits per heavy atom. The predicted octanol–water partition coefficient (Wildman–Crippen LogP) is 2.62. The van der Waals surface area contributed by atoms with Crippen LogP contribution >= 0.6 is 0 Å². The van der Waals surface area contributed by atoms with E-state index in [9.17, 15) is 9.50 Å². The first-order valence-electron chi connectivity index (χ1n) is 7.08. The molecule has 4 nitrogen and oxygen atoms in total. The van der Waals surface area contributed by atoms with Crippen molar-refractivity contribution in [3.63, 3.8) is 0 Å². The van der Waals surface area contributed by atoms with Crippen molar-refractivity contribution >= 4 is 12.6 Å². The highest BCUT2D eigenvalue weighted by atomic mass is 19.1. The van der Waals surface area contributed by atoms with Crippen LogP contribution in [0.2, 0.25) is 0 Å². The van der Waals surface area contributed by atoms with Gasteiger partial charge in [-0.15, -0.1) is 0 Å². The van der Waals surface area contributed by atoms with Crippen LogP contribution in [0.1, 0.15) is 41.5 Å². The van der Waals surface area contributed by atoms with Crippen LogP contribution in [0.25, 0.3) is 0 Å². The number of phenols is 1. The van der Waals surface area contributed by atoms with Crippen molar-refractivity contribution in [2.45, 2.75) is 58.8 Å². The molecule has 0 aromatic heterocycles. The van der Waals surface area contributed by atoms with Gasteiger partial charge in [0.2, 0.25) is 0 Å². The Kier molecular flexibility index (Phi) is 3.97. The Hall–Kier alpha value is -1.27. The quantitative estimate of drug-likeness (QED) is 0.871. The van der Waals surface area contributed by atoms with Gasteiger partial charge in [-0.2, -0.15) is 0 Å². The molecule has 2 rings (SSSR count). The maximum Gasteiger partial charge on any atom is 0.498 e. The van der Waals surface area contributed by atoms with E-state index >= 15 is 0 Å². The zero-order valence-electron chi connectivity index (χ0n) is 13.4. The SMILES string of the molecule is CC(C)Oc1c(O)cc(F)cc1B1OC(C)(C)C(C)(C)O1. The van der Waals surface area contributed by atoms with Crippen molar-refractivity contribution in [2.24, 2.45) is 0 Å². The molecule has 1 heterocycles. The summed E-state index contributed by atoms with van der Waals surface area (Å²) in [5, 5.41) is 9.97. The molecule has 1 saturated heterocycles. The minimum Gasteiger partial charge on any atom is -0.504 e. The van der Waals surface area contributed by atoms with Gasteiger partial charge in [-0.05, 0) is 47.6 Å². The van der Waals surface area contributed by atoms with E-state index in [0.717, 1.165) is 6.07 Å². The van der Waals surface area contributed by atoms with E-state index in [1.54, 1.807) is 0 Å². The molecule has 0 amide bonds. The standard InChI is InChI=1S/C15H22BFO4/c1-9(2)19-13-11(7-10(17)8-12(13)18)16-20-14(3,4)15(5,6)21-16/h7-9,18H,1-6H3. The van der Waals surface area contributed by atoms with Crippen LogP contribution in [0.3, 0.4) is 0 Å². The molecule has 0 unspecified atom stereocenters. The molecule has 116 valence electrons. The molecular formula is C15H22BFO4. The lowest BCUT2D eigenvalue weighted by molar-refractivity contribution is 0.00578. The molecule has 0 atom stereocenters. The van der Waals surface area contributed by atoms with E-state index < -0.39 is 24.1 Å². The maximum atomic E-state index is 13.7. The lowest BCUT2D eigenvalue weighted by Crippen LogP contribution is -2.41. The zero-order valence-corrected chi connectivity index (χ0v) is 13.4. The van der Waals surface area contributed by atoms with Gasteiger partial charge >= 0.3 is 7.12 Å². The van der Waals surface area contributed by atoms with Crippen LogP contribution in [-0.2, 0) is 9.31 Å². The van der Waals surface area contributed by atoms with Crippen molar-refractivity contribution in [2.75, 3.05) is 0 Å². The van der Waals surface area contributed by atoms with Gasteiger partial charge in [-0.1, -0.05) is 0 Å². The van der Waals surface area contributed by atoms with Crippen molar-refractivity contribution < 1.29 is 23.5 Å². The third-order valence-corrected chi connectivity index (χ3v) is 3.92. The topological polar surface area (TPSA) is 47.9 Å². The van der Waals surface area contributed by atoms with Gasteiger partial charge in [0, 0.05) is 11.5 Å². The Morgan fingerprint density at radius 2 is 1.67 bits per heavy atom. The summed E-state index contributed by atoms with van der Waals surface area (Å²) in [6.45, 7) is 11.3. The summed E-state index contributed by atoms with van der Waals surface area (Å²) in [4.78, 5) is 0. The first-order valence-corrected chi connectivity index (χ1v) is 7.08. The van der Waals surface area contributed by atoms with Crippen molar-refractivity contribution in [1.29, 1.82) is 0 Å². The Bertz CT molecular complexity index is 527. The molecule has 1 fully saturated rings. The number of ether oxygens (including phenoxy) is 1. The Balaban J connectivity index is 2.45. The van der Waals surface area contributed by atoms with Gasteiger partial charge in [-0.3, -0.25) is 0 Å². The molecule has 0 saturated carbocycles. The minimum atomic E-state index is -0.787. The summed E-state index contributed by atoms with van der Waals surface area (Å²) in [6.07, 6.45) is -0.164. The summed E-state index contributed by atoms with van der Waals surface area (Å²) >= 11 is 0. The molecular weight excluding hydrogens is 274 g/mol. The second-order valence-electron chi connectivity index (χ2n) is 6.60. The number of benzene rings is 1. The maximum absolute atomic E-state index is 13.7. The summed E-state index contributed by atoms with van der Waals surface area (Å²) in [5.74, 6) is -0.619. The third-order valence-electron chi connectivity index (χ3n) is 3.92. The monoisotopic (exact) mass is 296 g/mol. The van der Waals surface area contributed by atoms with Crippen LogP contribution in [0, 0.1) is 5.82 Å². The van der Waals surface area contributed by atoms with Gasteiger partial charge in [0.05, 0.1) is 17.3 Å². The second kappa shape index (κ2) is 5.18. The number of rotatable bonds is 3. The van der Waals surface area contributed by atoms with Gasteiger partial charge < -0.3 is 19.2 Å². The predicted molar refractivity (Wildman–Crippen MR) is 79.5 cm³/mol. The Morgan fingerprint density at radius 1 is 1.14 bits per heavy atom. The summed E-state index contributed by atoms with van der Waals surface area (Å²) in [6, 6.07) is 2.30. The number of phenolic OH excluding ortho intramolecular Hbond substituents is 1. The molecule has 0 radical (unpaired) electrons. The lowest BCUT2D eigenvalue weighted by atomic mass is 9.78. The van der Waals surface area contributed by atoms with E-state index in [-0.39, 0.29) is 17.6 Å². The molecule has 6 heteroatoms. The number of hydrogen-bond acceptors (Lipinski definition) is 4. The summed E-state index contributed by atoms with van der Waals surface area (Å²) in [5.41, 5.74) is -0.733. The van der Waals surface area contributed by atoms with Gasteiger partial charge in [0.15, 0.2) is 11.5 Å². The van der Waals surface area contributed by atoms with Gasteiger partial charge in [0.1, 0.15) is 5.82 Å². The van der Waals surface area contributed by atoms with E-state index in [1.165, 1.54) is 6.07 Å². The molecule has 0 bridgehead atoms.